The van der Waals surface area contributed by atoms with Crippen LogP contribution in [0.3, 0.4) is 0 Å². The second kappa shape index (κ2) is 6.13. The highest BCUT2D eigenvalue weighted by Crippen LogP contribution is 2.34. The van der Waals surface area contributed by atoms with E-state index in [1.165, 1.54) is 12.1 Å². The van der Waals surface area contributed by atoms with Gasteiger partial charge in [0, 0.05) is 0 Å². The molecule has 0 radical (unpaired) electrons. The molecule has 0 heterocycles. The largest absolute Gasteiger partial charge is 0.383 e. The lowest BCUT2D eigenvalue weighted by atomic mass is 9.79. The van der Waals surface area contributed by atoms with E-state index in [2.05, 4.69) is 5.32 Å². The number of aryl methyl sites for hydroxylation is 2. The van der Waals surface area contributed by atoms with Gasteiger partial charge >= 0.3 is 0 Å². The SMILES string of the molecule is Cc1ccc(F)c(C(=O)NCC2(O)CCCc3ccccc32)c1. The molecule has 1 amide bonds. The lowest BCUT2D eigenvalue weighted by Gasteiger charge is -2.34. The molecule has 1 aliphatic rings. The van der Waals surface area contributed by atoms with Gasteiger partial charge in [0.15, 0.2) is 0 Å². The van der Waals surface area contributed by atoms with Crippen molar-refractivity contribution >= 4 is 5.91 Å². The Morgan fingerprint density at radius 1 is 1.30 bits per heavy atom. The van der Waals surface area contributed by atoms with Gasteiger partial charge in [-0.25, -0.2) is 4.39 Å². The standard InChI is InChI=1S/C19H20FNO2/c1-13-8-9-17(20)15(11-13)18(22)21-12-19(23)10-4-6-14-5-2-3-7-16(14)19/h2-3,5,7-9,11,23H,4,6,10,12H2,1H3,(H,21,22). The molecular formula is C19H20FNO2. The van der Waals surface area contributed by atoms with Crippen LogP contribution < -0.4 is 5.32 Å². The second-order valence-corrected chi connectivity index (χ2v) is 6.21. The number of benzene rings is 2. The summed E-state index contributed by atoms with van der Waals surface area (Å²) in [6, 6.07) is 12.2. The Hall–Kier alpha value is -2.20. The van der Waals surface area contributed by atoms with Crippen LogP contribution in [0.4, 0.5) is 4.39 Å². The third-order valence-electron chi connectivity index (χ3n) is 4.46. The van der Waals surface area contributed by atoms with Crippen molar-refractivity contribution < 1.29 is 14.3 Å². The van der Waals surface area contributed by atoms with Gasteiger partial charge < -0.3 is 10.4 Å². The maximum Gasteiger partial charge on any atom is 0.254 e. The van der Waals surface area contributed by atoms with Gasteiger partial charge in [0.2, 0.25) is 0 Å². The molecule has 2 N–H and O–H groups in total. The van der Waals surface area contributed by atoms with Crippen molar-refractivity contribution in [1.29, 1.82) is 0 Å². The summed E-state index contributed by atoms with van der Waals surface area (Å²) in [5, 5.41) is 13.6. The zero-order valence-corrected chi connectivity index (χ0v) is 13.1. The third kappa shape index (κ3) is 3.13. The first kappa shape index (κ1) is 15.7. The summed E-state index contributed by atoms with van der Waals surface area (Å²) in [5.41, 5.74) is 1.70. The molecule has 120 valence electrons. The van der Waals surface area contributed by atoms with E-state index in [-0.39, 0.29) is 12.1 Å². The van der Waals surface area contributed by atoms with Gasteiger partial charge in [-0.1, -0.05) is 35.9 Å². The van der Waals surface area contributed by atoms with Crippen molar-refractivity contribution in [2.75, 3.05) is 6.54 Å². The Labute approximate surface area is 135 Å². The fraction of sp³-hybridized carbons (Fsp3) is 0.316. The predicted molar refractivity (Wildman–Crippen MR) is 86.7 cm³/mol. The molecule has 0 saturated heterocycles. The number of hydrogen-bond acceptors (Lipinski definition) is 2. The number of nitrogens with one attached hydrogen (secondary N) is 1. The van der Waals surface area contributed by atoms with E-state index < -0.39 is 17.3 Å². The van der Waals surface area contributed by atoms with E-state index in [9.17, 15) is 14.3 Å². The van der Waals surface area contributed by atoms with Gasteiger partial charge in [-0.15, -0.1) is 0 Å². The van der Waals surface area contributed by atoms with Crippen molar-refractivity contribution in [3.63, 3.8) is 0 Å². The molecule has 1 atom stereocenters. The molecular weight excluding hydrogens is 293 g/mol. The number of amides is 1. The number of carbonyl (C=O) groups excluding carboxylic acids is 1. The minimum Gasteiger partial charge on any atom is -0.383 e. The molecule has 0 aromatic heterocycles. The predicted octanol–water partition coefficient (Wildman–Crippen LogP) is 3.09. The Morgan fingerprint density at radius 3 is 2.91 bits per heavy atom. The molecule has 0 bridgehead atoms. The summed E-state index contributed by atoms with van der Waals surface area (Å²) in [6.45, 7) is 1.89. The van der Waals surface area contributed by atoms with Gasteiger partial charge in [-0.2, -0.15) is 0 Å². The number of aliphatic hydroxyl groups is 1. The number of fused-ring (bicyclic) bond motifs is 1. The lowest BCUT2D eigenvalue weighted by molar-refractivity contribution is 0.0189. The summed E-state index contributed by atoms with van der Waals surface area (Å²) >= 11 is 0. The number of halogens is 1. The minimum atomic E-state index is -1.09. The van der Waals surface area contributed by atoms with Crippen LogP contribution in [-0.4, -0.2) is 17.6 Å². The fourth-order valence-electron chi connectivity index (χ4n) is 3.22. The summed E-state index contributed by atoms with van der Waals surface area (Å²) in [6.07, 6.45) is 2.38. The molecule has 2 aromatic rings. The van der Waals surface area contributed by atoms with E-state index in [1.807, 2.05) is 24.3 Å². The van der Waals surface area contributed by atoms with Crippen LogP contribution in [0.2, 0.25) is 0 Å². The molecule has 3 rings (SSSR count). The van der Waals surface area contributed by atoms with E-state index in [0.717, 1.165) is 29.5 Å². The van der Waals surface area contributed by atoms with Crippen LogP contribution >= 0.6 is 0 Å². The first-order valence-electron chi connectivity index (χ1n) is 7.85. The van der Waals surface area contributed by atoms with E-state index in [1.54, 1.807) is 13.0 Å². The summed E-state index contributed by atoms with van der Waals surface area (Å²) < 4.78 is 13.8. The molecule has 1 unspecified atom stereocenters. The highest BCUT2D eigenvalue weighted by molar-refractivity contribution is 5.94. The van der Waals surface area contributed by atoms with Crippen LogP contribution in [0.1, 0.15) is 39.9 Å². The Kier molecular flexibility index (Phi) is 4.18. The molecule has 0 fully saturated rings. The summed E-state index contributed by atoms with van der Waals surface area (Å²) in [5.74, 6) is -1.05. The zero-order valence-electron chi connectivity index (χ0n) is 13.1. The van der Waals surface area contributed by atoms with E-state index >= 15 is 0 Å². The van der Waals surface area contributed by atoms with Crippen molar-refractivity contribution in [2.45, 2.75) is 31.8 Å². The first-order valence-corrected chi connectivity index (χ1v) is 7.85. The monoisotopic (exact) mass is 313 g/mol. The first-order chi connectivity index (χ1) is 11.0. The van der Waals surface area contributed by atoms with Crippen molar-refractivity contribution in [3.8, 4) is 0 Å². The zero-order chi connectivity index (χ0) is 16.4. The molecule has 2 aromatic carbocycles. The highest BCUT2D eigenvalue weighted by atomic mass is 19.1. The van der Waals surface area contributed by atoms with Gasteiger partial charge in [0.25, 0.3) is 5.91 Å². The maximum atomic E-state index is 13.8. The van der Waals surface area contributed by atoms with Crippen LogP contribution in [0.5, 0.6) is 0 Å². The smallest absolute Gasteiger partial charge is 0.254 e. The van der Waals surface area contributed by atoms with E-state index in [0.29, 0.717) is 6.42 Å². The molecule has 4 heteroatoms. The molecule has 0 spiro atoms. The summed E-state index contributed by atoms with van der Waals surface area (Å²) in [4.78, 5) is 12.3. The van der Waals surface area contributed by atoms with Crippen LogP contribution in [0.25, 0.3) is 0 Å². The van der Waals surface area contributed by atoms with Gasteiger partial charge in [0.05, 0.1) is 12.1 Å². The van der Waals surface area contributed by atoms with Gasteiger partial charge in [0.1, 0.15) is 11.4 Å². The Bertz CT molecular complexity index is 744. The Balaban J connectivity index is 1.78. The molecule has 1 aliphatic carbocycles. The average molecular weight is 313 g/mol. The quantitative estimate of drug-likeness (QED) is 0.915. The average Bonchev–Trinajstić information content (AvgIpc) is 2.55. The van der Waals surface area contributed by atoms with Crippen LogP contribution in [0.15, 0.2) is 42.5 Å². The minimum absolute atomic E-state index is 0.0118. The van der Waals surface area contributed by atoms with Crippen LogP contribution in [0, 0.1) is 12.7 Å². The van der Waals surface area contributed by atoms with Crippen molar-refractivity contribution in [1.82, 2.24) is 5.32 Å². The van der Waals surface area contributed by atoms with E-state index in [4.69, 9.17) is 0 Å². The molecule has 0 saturated carbocycles. The van der Waals surface area contributed by atoms with Crippen molar-refractivity contribution in [2.24, 2.45) is 0 Å². The molecule has 23 heavy (non-hydrogen) atoms. The fourth-order valence-corrected chi connectivity index (χ4v) is 3.22. The summed E-state index contributed by atoms with van der Waals surface area (Å²) in [7, 11) is 0. The maximum absolute atomic E-state index is 13.8. The Morgan fingerprint density at radius 2 is 2.09 bits per heavy atom. The number of carbonyl (C=O) groups is 1. The second-order valence-electron chi connectivity index (χ2n) is 6.21. The van der Waals surface area contributed by atoms with Crippen LogP contribution in [-0.2, 0) is 12.0 Å². The third-order valence-corrected chi connectivity index (χ3v) is 4.46. The molecule has 0 aliphatic heterocycles. The normalized spacial score (nSPS) is 20.0. The lowest BCUT2D eigenvalue weighted by Crippen LogP contribution is -2.43. The number of hydrogen-bond donors (Lipinski definition) is 2. The van der Waals surface area contributed by atoms with Gasteiger partial charge in [-0.3, -0.25) is 4.79 Å². The number of rotatable bonds is 3. The molecule has 3 nitrogen and oxygen atoms in total. The highest BCUT2D eigenvalue weighted by Gasteiger charge is 2.34. The van der Waals surface area contributed by atoms with Gasteiger partial charge in [-0.05, 0) is 49.4 Å². The topological polar surface area (TPSA) is 49.3 Å². The van der Waals surface area contributed by atoms with Crippen molar-refractivity contribution in [3.05, 3.63) is 70.5 Å².